The maximum Gasteiger partial charge on any atom is 0.254 e. The summed E-state index contributed by atoms with van der Waals surface area (Å²) in [6.45, 7) is 3.39. The molecule has 1 saturated carbocycles. The standard InChI is InChI=1S/C21H32N2O3S/c1-17-12-13-19(16-20(17)21(24)23-14-8-5-9-15-23)27(25,26)22-18-10-6-3-2-4-7-11-18/h12-13,16,18,22H,2-11,14-15H2,1H3. The number of hydrogen-bond acceptors (Lipinski definition) is 3. The second-order valence-electron chi connectivity index (χ2n) is 7.99. The van der Waals surface area contributed by atoms with Crippen molar-refractivity contribution in [2.45, 2.75) is 82.1 Å². The molecule has 5 nitrogen and oxygen atoms in total. The number of nitrogens with zero attached hydrogens (tertiary/aromatic N) is 1. The molecular weight excluding hydrogens is 360 g/mol. The largest absolute Gasteiger partial charge is 0.339 e. The van der Waals surface area contributed by atoms with E-state index in [0.717, 1.165) is 63.6 Å². The Bertz CT molecular complexity index is 747. The number of amides is 1. The van der Waals surface area contributed by atoms with Crippen molar-refractivity contribution in [2.24, 2.45) is 0 Å². The van der Waals surface area contributed by atoms with Crippen LogP contribution in [0.1, 0.15) is 80.1 Å². The molecule has 1 aliphatic heterocycles. The summed E-state index contributed by atoms with van der Waals surface area (Å²) in [5, 5.41) is 0. The third-order valence-corrected chi connectivity index (χ3v) is 7.34. The Balaban J connectivity index is 1.77. The van der Waals surface area contributed by atoms with Crippen molar-refractivity contribution in [1.82, 2.24) is 9.62 Å². The maximum absolute atomic E-state index is 12.9. The Morgan fingerprint density at radius 1 is 0.963 bits per heavy atom. The Kier molecular flexibility index (Phi) is 6.93. The van der Waals surface area contributed by atoms with Crippen LogP contribution in [0.4, 0.5) is 0 Å². The molecule has 0 bridgehead atoms. The summed E-state index contributed by atoms with van der Waals surface area (Å²) in [5.41, 5.74) is 1.34. The number of likely N-dealkylation sites (tertiary alicyclic amines) is 1. The molecule has 0 aromatic heterocycles. The second kappa shape index (κ2) is 9.20. The van der Waals surface area contributed by atoms with Gasteiger partial charge in [0.15, 0.2) is 0 Å². The summed E-state index contributed by atoms with van der Waals surface area (Å²) in [5.74, 6) is -0.0461. The average Bonchev–Trinajstić information content (AvgIpc) is 2.64. The van der Waals surface area contributed by atoms with Crippen molar-refractivity contribution in [3.05, 3.63) is 29.3 Å². The van der Waals surface area contributed by atoms with Gasteiger partial charge in [0.1, 0.15) is 0 Å². The summed E-state index contributed by atoms with van der Waals surface area (Å²) in [7, 11) is -3.61. The highest BCUT2D eigenvalue weighted by atomic mass is 32.2. The van der Waals surface area contributed by atoms with E-state index in [9.17, 15) is 13.2 Å². The van der Waals surface area contributed by atoms with Gasteiger partial charge in [0.2, 0.25) is 10.0 Å². The summed E-state index contributed by atoms with van der Waals surface area (Å²) >= 11 is 0. The lowest BCUT2D eigenvalue weighted by Crippen LogP contribution is -2.37. The van der Waals surface area contributed by atoms with Crippen LogP contribution in [0.15, 0.2) is 23.1 Å². The maximum atomic E-state index is 12.9. The molecule has 1 aromatic rings. The van der Waals surface area contributed by atoms with E-state index in [0.29, 0.717) is 5.56 Å². The van der Waals surface area contributed by atoms with Gasteiger partial charge in [-0.25, -0.2) is 13.1 Å². The van der Waals surface area contributed by atoms with Gasteiger partial charge in [-0.3, -0.25) is 4.79 Å². The van der Waals surface area contributed by atoms with E-state index in [1.54, 1.807) is 18.2 Å². The highest BCUT2D eigenvalue weighted by Crippen LogP contribution is 2.22. The van der Waals surface area contributed by atoms with Crippen molar-refractivity contribution in [3.8, 4) is 0 Å². The van der Waals surface area contributed by atoms with Gasteiger partial charge in [-0.15, -0.1) is 0 Å². The van der Waals surface area contributed by atoms with Gasteiger partial charge in [-0.05, 0) is 56.7 Å². The first-order chi connectivity index (χ1) is 13.0. The van der Waals surface area contributed by atoms with E-state index < -0.39 is 10.0 Å². The quantitative estimate of drug-likeness (QED) is 0.842. The van der Waals surface area contributed by atoms with E-state index in [2.05, 4.69) is 4.72 Å². The molecule has 0 unspecified atom stereocenters. The molecule has 2 fully saturated rings. The van der Waals surface area contributed by atoms with Crippen LogP contribution < -0.4 is 4.72 Å². The lowest BCUT2D eigenvalue weighted by atomic mass is 9.97. The summed E-state index contributed by atoms with van der Waals surface area (Å²) < 4.78 is 28.7. The minimum absolute atomic E-state index is 0.00199. The first kappa shape index (κ1) is 20.3. The molecule has 1 saturated heterocycles. The number of carbonyl (C=O) groups is 1. The van der Waals surface area contributed by atoms with Gasteiger partial charge in [0.05, 0.1) is 4.90 Å². The number of aryl methyl sites for hydroxylation is 1. The van der Waals surface area contributed by atoms with Crippen molar-refractivity contribution in [1.29, 1.82) is 0 Å². The Morgan fingerprint density at radius 3 is 2.22 bits per heavy atom. The number of carbonyl (C=O) groups excluding carboxylic acids is 1. The molecule has 6 heteroatoms. The van der Waals surface area contributed by atoms with Crippen LogP contribution in [-0.2, 0) is 10.0 Å². The molecule has 1 amide bonds. The van der Waals surface area contributed by atoms with E-state index in [1.807, 2.05) is 11.8 Å². The molecule has 0 atom stereocenters. The average molecular weight is 393 g/mol. The second-order valence-corrected chi connectivity index (χ2v) is 9.71. The molecule has 150 valence electrons. The molecule has 1 N–H and O–H groups in total. The molecule has 3 rings (SSSR count). The Hall–Kier alpha value is -1.40. The fourth-order valence-corrected chi connectivity index (χ4v) is 5.46. The lowest BCUT2D eigenvalue weighted by Gasteiger charge is -2.27. The Morgan fingerprint density at radius 2 is 1.56 bits per heavy atom. The topological polar surface area (TPSA) is 66.5 Å². The molecule has 27 heavy (non-hydrogen) atoms. The van der Waals surface area contributed by atoms with Crippen molar-refractivity contribution >= 4 is 15.9 Å². The predicted octanol–water partition coefficient (Wildman–Crippen LogP) is 4.01. The molecule has 0 radical (unpaired) electrons. The van der Waals surface area contributed by atoms with Crippen LogP contribution in [0.5, 0.6) is 0 Å². The third kappa shape index (κ3) is 5.32. The van der Waals surface area contributed by atoms with Crippen LogP contribution in [-0.4, -0.2) is 38.4 Å². The van der Waals surface area contributed by atoms with E-state index in [4.69, 9.17) is 0 Å². The normalized spacial score (nSPS) is 20.1. The van der Waals surface area contributed by atoms with Gasteiger partial charge >= 0.3 is 0 Å². The zero-order valence-corrected chi connectivity index (χ0v) is 17.2. The number of nitrogens with one attached hydrogen (secondary N) is 1. The molecule has 1 aromatic carbocycles. The zero-order chi connectivity index (χ0) is 19.3. The number of sulfonamides is 1. The number of rotatable bonds is 4. The molecular formula is C21H32N2O3S. The lowest BCUT2D eigenvalue weighted by molar-refractivity contribution is 0.0723. The van der Waals surface area contributed by atoms with E-state index >= 15 is 0 Å². The van der Waals surface area contributed by atoms with Gasteiger partial charge in [-0.2, -0.15) is 0 Å². The fourth-order valence-electron chi connectivity index (χ4n) is 4.13. The monoisotopic (exact) mass is 392 g/mol. The zero-order valence-electron chi connectivity index (χ0n) is 16.4. The van der Waals surface area contributed by atoms with E-state index in [1.165, 1.54) is 19.3 Å². The van der Waals surface area contributed by atoms with Crippen molar-refractivity contribution in [3.63, 3.8) is 0 Å². The van der Waals surface area contributed by atoms with Crippen LogP contribution in [0, 0.1) is 6.92 Å². The summed E-state index contributed by atoms with van der Waals surface area (Å²) in [4.78, 5) is 14.9. The number of piperidine rings is 1. The van der Waals surface area contributed by atoms with Gasteiger partial charge in [0.25, 0.3) is 5.91 Å². The number of hydrogen-bond donors (Lipinski definition) is 1. The van der Waals surface area contributed by atoms with E-state index in [-0.39, 0.29) is 16.8 Å². The molecule has 1 heterocycles. The van der Waals surface area contributed by atoms with Crippen LogP contribution in [0.2, 0.25) is 0 Å². The summed E-state index contributed by atoms with van der Waals surface area (Å²) in [6.07, 6.45) is 10.7. The molecule has 2 aliphatic rings. The minimum Gasteiger partial charge on any atom is -0.339 e. The fraction of sp³-hybridized carbons (Fsp3) is 0.667. The third-order valence-electron chi connectivity index (χ3n) is 5.82. The van der Waals surface area contributed by atoms with Crippen LogP contribution in [0.25, 0.3) is 0 Å². The molecule has 1 aliphatic carbocycles. The van der Waals surface area contributed by atoms with Crippen molar-refractivity contribution in [2.75, 3.05) is 13.1 Å². The SMILES string of the molecule is Cc1ccc(S(=O)(=O)NC2CCCCCCC2)cc1C(=O)N1CCCCC1. The Labute approximate surface area is 163 Å². The predicted molar refractivity (Wildman–Crippen MR) is 107 cm³/mol. The van der Waals surface area contributed by atoms with Gasteiger partial charge in [0, 0.05) is 24.7 Å². The van der Waals surface area contributed by atoms with Crippen LogP contribution in [0.3, 0.4) is 0 Å². The highest BCUT2D eigenvalue weighted by molar-refractivity contribution is 7.89. The first-order valence-electron chi connectivity index (χ1n) is 10.4. The van der Waals surface area contributed by atoms with Gasteiger partial charge < -0.3 is 4.90 Å². The van der Waals surface area contributed by atoms with Crippen LogP contribution >= 0.6 is 0 Å². The van der Waals surface area contributed by atoms with Gasteiger partial charge in [-0.1, -0.05) is 38.2 Å². The smallest absolute Gasteiger partial charge is 0.254 e. The minimum atomic E-state index is -3.61. The highest BCUT2D eigenvalue weighted by Gasteiger charge is 2.24. The first-order valence-corrected chi connectivity index (χ1v) is 11.9. The van der Waals surface area contributed by atoms with Crippen molar-refractivity contribution < 1.29 is 13.2 Å². The number of benzene rings is 1. The summed E-state index contributed by atoms with van der Waals surface area (Å²) in [6, 6.07) is 4.94. The molecule has 0 spiro atoms.